The van der Waals surface area contributed by atoms with Gasteiger partial charge in [-0.05, 0) is 24.6 Å². The van der Waals surface area contributed by atoms with Crippen LogP contribution in [0.5, 0.6) is 0 Å². The Balaban J connectivity index is 2.16. The molecule has 1 aromatic heterocycles. The van der Waals surface area contributed by atoms with Gasteiger partial charge in [-0.15, -0.1) is 0 Å². The Morgan fingerprint density at radius 3 is 2.50 bits per heavy atom. The van der Waals surface area contributed by atoms with Gasteiger partial charge < -0.3 is 4.57 Å². The molecule has 0 radical (unpaired) electrons. The predicted octanol–water partition coefficient (Wildman–Crippen LogP) is 3.32. The van der Waals surface area contributed by atoms with Gasteiger partial charge in [0.2, 0.25) is 0 Å². The molecule has 1 unspecified atom stereocenters. The van der Waals surface area contributed by atoms with Crippen molar-refractivity contribution in [2.45, 2.75) is 6.92 Å². The monoisotopic (exact) mass is 344 g/mol. The van der Waals surface area contributed by atoms with E-state index in [0.717, 1.165) is 27.6 Å². The molecule has 0 saturated heterocycles. The van der Waals surface area contributed by atoms with Crippen LogP contribution in [-0.2, 0) is 18.0 Å². The van der Waals surface area contributed by atoms with Crippen molar-refractivity contribution in [3.05, 3.63) is 59.5 Å². The van der Waals surface area contributed by atoms with E-state index < -0.39 is 22.7 Å². The van der Waals surface area contributed by atoms with E-state index in [1.807, 2.05) is 49.0 Å². The maximum Gasteiger partial charge on any atom is 0.265 e. The molecule has 24 heavy (non-hydrogen) atoms. The van der Waals surface area contributed by atoms with Crippen molar-refractivity contribution < 1.29 is 13.4 Å². The number of aromatic nitrogens is 1. The Morgan fingerprint density at radius 2 is 1.88 bits per heavy atom. The summed E-state index contributed by atoms with van der Waals surface area (Å²) in [6.07, 6.45) is 3.24. The van der Waals surface area contributed by atoms with Crippen molar-refractivity contribution >= 4 is 27.8 Å². The molecule has 0 spiro atoms. The molecule has 1 N–H and O–H groups in total. The lowest BCUT2D eigenvalue weighted by molar-refractivity contribution is 0.0979. The smallest absolute Gasteiger partial charge is 0.265 e. The van der Waals surface area contributed by atoms with Crippen molar-refractivity contribution in [2.75, 3.05) is 6.26 Å². The number of carbonyl (C=O) groups excluding carboxylic acids is 1. The second-order valence-corrected chi connectivity index (χ2v) is 6.87. The van der Waals surface area contributed by atoms with E-state index in [9.17, 15) is 13.4 Å². The van der Waals surface area contributed by atoms with E-state index >= 15 is 0 Å². The van der Waals surface area contributed by atoms with Crippen LogP contribution in [0, 0.1) is 12.7 Å². The minimum absolute atomic E-state index is 0.116. The van der Waals surface area contributed by atoms with Gasteiger partial charge in [0.05, 0.1) is 5.56 Å². The molecule has 6 heteroatoms. The first kappa shape index (κ1) is 16.4. The minimum Gasteiger partial charge on any atom is -0.350 e. The fourth-order valence-electron chi connectivity index (χ4n) is 2.72. The molecule has 0 aliphatic heterocycles. The van der Waals surface area contributed by atoms with Crippen molar-refractivity contribution in [3.8, 4) is 11.1 Å². The zero-order valence-corrected chi connectivity index (χ0v) is 14.4. The summed E-state index contributed by atoms with van der Waals surface area (Å²) >= 11 is 0. The third kappa shape index (κ3) is 2.97. The second kappa shape index (κ2) is 6.20. The number of nitrogens with zero attached hydrogens (tertiary/aromatic N) is 1. The lowest BCUT2D eigenvalue weighted by Crippen LogP contribution is -2.25. The van der Waals surface area contributed by atoms with Crippen molar-refractivity contribution in [1.82, 2.24) is 9.29 Å². The Morgan fingerprint density at radius 1 is 1.21 bits per heavy atom. The molecule has 1 atom stereocenters. The largest absolute Gasteiger partial charge is 0.350 e. The van der Waals surface area contributed by atoms with Crippen LogP contribution in [0.25, 0.3) is 22.0 Å². The van der Waals surface area contributed by atoms with Crippen molar-refractivity contribution in [3.63, 3.8) is 0 Å². The summed E-state index contributed by atoms with van der Waals surface area (Å²) < 4.78 is 29.6. The summed E-state index contributed by atoms with van der Waals surface area (Å²) in [6, 6.07) is 10.8. The molecule has 0 fully saturated rings. The molecule has 0 saturated carbocycles. The number of fused-ring (bicyclic) bond motifs is 1. The van der Waals surface area contributed by atoms with Crippen LogP contribution in [0.3, 0.4) is 0 Å². The lowest BCUT2D eigenvalue weighted by Gasteiger charge is -2.06. The summed E-state index contributed by atoms with van der Waals surface area (Å²) in [5, 5.41) is 0.730. The number of amides is 1. The van der Waals surface area contributed by atoms with Crippen molar-refractivity contribution in [2.24, 2.45) is 7.05 Å². The van der Waals surface area contributed by atoms with Gasteiger partial charge in [-0.25, -0.2) is 8.60 Å². The second-order valence-electron chi connectivity index (χ2n) is 5.75. The van der Waals surface area contributed by atoms with Gasteiger partial charge in [-0.3, -0.25) is 9.52 Å². The highest BCUT2D eigenvalue weighted by atomic mass is 32.2. The number of rotatable bonds is 3. The number of hydrogen-bond acceptors (Lipinski definition) is 2. The molecule has 1 amide bonds. The fraction of sp³-hybridized carbons (Fsp3) is 0.167. The first-order chi connectivity index (χ1) is 11.4. The van der Waals surface area contributed by atoms with Crippen LogP contribution < -0.4 is 4.72 Å². The van der Waals surface area contributed by atoms with Gasteiger partial charge in [-0.2, -0.15) is 0 Å². The quantitative estimate of drug-likeness (QED) is 0.792. The van der Waals surface area contributed by atoms with Gasteiger partial charge >= 0.3 is 0 Å². The number of carbonyl (C=O) groups is 1. The zero-order valence-electron chi connectivity index (χ0n) is 13.6. The minimum atomic E-state index is -1.54. The van der Waals surface area contributed by atoms with Crippen LogP contribution in [0.1, 0.15) is 15.9 Å². The zero-order chi connectivity index (χ0) is 17.4. The fourth-order valence-corrected chi connectivity index (χ4v) is 3.10. The topological polar surface area (TPSA) is 51.1 Å². The van der Waals surface area contributed by atoms with E-state index in [0.29, 0.717) is 0 Å². The molecular weight excluding hydrogens is 327 g/mol. The van der Waals surface area contributed by atoms with E-state index in [-0.39, 0.29) is 5.56 Å². The summed E-state index contributed by atoms with van der Waals surface area (Å²) in [6.45, 7) is 2.01. The number of halogens is 1. The Labute approximate surface area is 141 Å². The number of benzene rings is 2. The highest BCUT2D eigenvalue weighted by Gasteiger charge is 2.17. The highest BCUT2D eigenvalue weighted by Crippen LogP contribution is 2.32. The summed E-state index contributed by atoms with van der Waals surface area (Å²) in [5.74, 6) is -1.32. The van der Waals surface area contributed by atoms with Gasteiger partial charge in [0.25, 0.3) is 5.91 Å². The normalized spacial score (nSPS) is 12.3. The molecular formula is C18H17FN2O2S. The van der Waals surface area contributed by atoms with Gasteiger partial charge in [0.15, 0.2) is 0 Å². The molecule has 2 aromatic carbocycles. The Hall–Kier alpha value is -2.47. The first-order valence-corrected chi connectivity index (χ1v) is 8.92. The molecule has 4 nitrogen and oxygen atoms in total. The summed E-state index contributed by atoms with van der Waals surface area (Å²) in [7, 11) is 0.302. The highest BCUT2D eigenvalue weighted by molar-refractivity contribution is 7.82. The van der Waals surface area contributed by atoms with E-state index in [1.54, 1.807) is 0 Å². The molecule has 3 aromatic rings. The van der Waals surface area contributed by atoms with Crippen LogP contribution in [-0.4, -0.2) is 20.9 Å². The average Bonchev–Trinajstić information content (AvgIpc) is 2.83. The van der Waals surface area contributed by atoms with Crippen LogP contribution >= 0.6 is 0 Å². The van der Waals surface area contributed by atoms with Crippen LogP contribution in [0.2, 0.25) is 0 Å². The Bertz CT molecular complexity index is 961. The Kier molecular flexibility index (Phi) is 4.24. The maximum absolute atomic E-state index is 14.4. The summed E-state index contributed by atoms with van der Waals surface area (Å²) in [4.78, 5) is 12.0. The SMILES string of the molecule is Cc1ccc(-c2cn(C)c3cc(C(=O)NS(C)=O)c(F)cc23)cc1. The van der Waals surface area contributed by atoms with Crippen molar-refractivity contribution in [1.29, 1.82) is 0 Å². The standard InChI is InChI=1S/C18H17FN2O2S/c1-11-4-6-12(7-5-11)15-10-21(2)17-9-14(16(19)8-13(15)17)18(22)20-24(3)23/h4-10H,1-3H3,(H,20,22). The number of nitrogens with one attached hydrogen (secondary N) is 1. The van der Waals surface area contributed by atoms with E-state index in [1.165, 1.54) is 18.4 Å². The average molecular weight is 344 g/mol. The predicted molar refractivity (Wildman–Crippen MR) is 94.6 cm³/mol. The molecule has 1 heterocycles. The third-order valence-electron chi connectivity index (χ3n) is 3.92. The molecule has 0 aliphatic carbocycles. The molecule has 0 aliphatic rings. The lowest BCUT2D eigenvalue weighted by atomic mass is 10.0. The first-order valence-electron chi connectivity index (χ1n) is 7.37. The molecule has 0 bridgehead atoms. The van der Waals surface area contributed by atoms with Crippen LogP contribution in [0.15, 0.2) is 42.6 Å². The summed E-state index contributed by atoms with van der Waals surface area (Å²) in [5.41, 5.74) is 3.65. The van der Waals surface area contributed by atoms with Gasteiger partial charge in [-0.1, -0.05) is 29.8 Å². The number of hydrogen-bond donors (Lipinski definition) is 1. The van der Waals surface area contributed by atoms with E-state index in [2.05, 4.69) is 4.72 Å². The maximum atomic E-state index is 14.4. The molecule has 3 rings (SSSR count). The van der Waals surface area contributed by atoms with E-state index in [4.69, 9.17) is 0 Å². The number of aryl methyl sites for hydroxylation is 2. The van der Waals surface area contributed by atoms with Crippen LogP contribution in [0.4, 0.5) is 4.39 Å². The van der Waals surface area contributed by atoms with Gasteiger partial charge in [0.1, 0.15) is 16.8 Å². The molecule has 124 valence electrons. The van der Waals surface area contributed by atoms with Gasteiger partial charge in [0, 0.05) is 36.0 Å². The third-order valence-corrected chi connectivity index (χ3v) is 4.39.